The Hall–Kier alpha value is -3.62. The van der Waals surface area contributed by atoms with Crippen LogP contribution in [0.5, 0.6) is 5.75 Å². The molecule has 4 aromatic rings. The SMILES string of the molecule is Cc1ccc(-c2nc(-c3ccccc3)nc(-c3ccc(S(=O)(=O)O)cc3)n2)c(O)c1. The zero-order valence-corrected chi connectivity index (χ0v) is 16.7. The summed E-state index contributed by atoms with van der Waals surface area (Å²) in [6.45, 7) is 1.87. The summed E-state index contributed by atoms with van der Waals surface area (Å²) < 4.78 is 31.8. The molecule has 0 amide bonds. The molecule has 7 nitrogen and oxygen atoms in total. The lowest BCUT2D eigenvalue weighted by molar-refractivity contribution is 0.476. The highest BCUT2D eigenvalue weighted by molar-refractivity contribution is 7.85. The summed E-state index contributed by atoms with van der Waals surface area (Å²) in [6.07, 6.45) is 0. The maximum atomic E-state index is 11.3. The lowest BCUT2D eigenvalue weighted by atomic mass is 10.1. The summed E-state index contributed by atoms with van der Waals surface area (Å²) in [5, 5.41) is 10.4. The number of benzene rings is 3. The lowest BCUT2D eigenvalue weighted by Gasteiger charge is -2.10. The Balaban J connectivity index is 1.90. The van der Waals surface area contributed by atoms with Crippen LogP contribution in [0.2, 0.25) is 0 Å². The van der Waals surface area contributed by atoms with Crippen molar-refractivity contribution in [2.45, 2.75) is 11.8 Å². The molecule has 2 N–H and O–H groups in total. The largest absolute Gasteiger partial charge is 0.507 e. The van der Waals surface area contributed by atoms with E-state index in [1.54, 1.807) is 12.1 Å². The second kappa shape index (κ2) is 7.66. The zero-order chi connectivity index (χ0) is 21.3. The standard InChI is InChI=1S/C22H17N3O4S/c1-14-7-12-18(19(26)13-14)22-24-20(15-5-3-2-4-6-15)23-21(25-22)16-8-10-17(11-9-16)30(27,28)29/h2-13,26H,1H3,(H,27,28,29). The molecule has 0 fully saturated rings. The van der Waals surface area contributed by atoms with Gasteiger partial charge in [-0.1, -0.05) is 36.4 Å². The topological polar surface area (TPSA) is 113 Å². The molecule has 1 aromatic heterocycles. The molecule has 30 heavy (non-hydrogen) atoms. The van der Waals surface area contributed by atoms with Crippen molar-refractivity contribution in [1.29, 1.82) is 0 Å². The van der Waals surface area contributed by atoms with Gasteiger partial charge in [0.1, 0.15) is 5.75 Å². The molecule has 8 heteroatoms. The van der Waals surface area contributed by atoms with Crippen LogP contribution in [0.15, 0.2) is 77.7 Å². The minimum absolute atomic E-state index is 0.0490. The van der Waals surface area contributed by atoms with E-state index in [0.717, 1.165) is 11.1 Å². The van der Waals surface area contributed by atoms with Gasteiger partial charge >= 0.3 is 0 Å². The average Bonchev–Trinajstić information content (AvgIpc) is 2.73. The van der Waals surface area contributed by atoms with Crippen LogP contribution in [0.1, 0.15) is 5.56 Å². The zero-order valence-electron chi connectivity index (χ0n) is 15.9. The molecule has 0 spiro atoms. The van der Waals surface area contributed by atoms with Gasteiger partial charge in [-0.2, -0.15) is 8.42 Å². The van der Waals surface area contributed by atoms with Crippen molar-refractivity contribution in [1.82, 2.24) is 15.0 Å². The van der Waals surface area contributed by atoms with Gasteiger partial charge in [-0.3, -0.25) is 4.55 Å². The van der Waals surface area contributed by atoms with E-state index in [-0.39, 0.29) is 16.5 Å². The van der Waals surface area contributed by atoms with Gasteiger partial charge in [-0.05, 0) is 48.9 Å². The summed E-state index contributed by atoms with van der Waals surface area (Å²) in [7, 11) is -4.30. The van der Waals surface area contributed by atoms with Crippen molar-refractivity contribution in [2.75, 3.05) is 0 Å². The molecule has 0 atom stereocenters. The summed E-state index contributed by atoms with van der Waals surface area (Å²) in [4.78, 5) is 13.3. The average molecular weight is 419 g/mol. The number of phenols is 1. The third kappa shape index (κ3) is 4.05. The number of hydrogen-bond donors (Lipinski definition) is 2. The molecule has 150 valence electrons. The van der Waals surface area contributed by atoms with E-state index < -0.39 is 10.1 Å². The Morgan fingerprint density at radius 3 is 1.87 bits per heavy atom. The number of phenolic OH excluding ortho intramolecular Hbond substituents is 1. The first-order valence-corrected chi connectivity index (χ1v) is 10.4. The maximum Gasteiger partial charge on any atom is 0.294 e. The van der Waals surface area contributed by atoms with Gasteiger partial charge in [-0.25, -0.2) is 15.0 Å². The van der Waals surface area contributed by atoms with Crippen molar-refractivity contribution in [3.8, 4) is 39.9 Å². The highest BCUT2D eigenvalue weighted by Gasteiger charge is 2.15. The first-order valence-electron chi connectivity index (χ1n) is 9.01. The molecule has 0 saturated heterocycles. The third-order valence-corrected chi connectivity index (χ3v) is 5.34. The Morgan fingerprint density at radius 2 is 1.30 bits per heavy atom. The fourth-order valence-corrected chi connectivity index (χ4v) is 3.43. The normalized spacial score (nSPS) is 11.4. The quantitative estimate of drug-likeness (QED) is 0.478. The summed E-state index contributed by atoms with van der Waals surface area (Å²) in [5.41, 5.74) is 2.66. The van der Waals surface area contributed by atoms with E-state index in [4.69, 9.17) is 0 Å². The van der Waals surface area contributed by atoms with E-state index >= 15 is 0 Å². The van der Waals surface area contributed by atoms with E-state index in [2.05, 4.69) is 15.0 Å². The van der Waals surface area contributed by atoms with Gasteiger partial charge in [0.05, 0.1) is 10.5 Å². The maximum absolute atomic E-state index is 11.3. The van der Waals surface area contributed by atoms with E-state index in [1.807, 2.05) is 43.3 Å². The van der Waals surface area contributed by atoms with Gasteiger partial charge in [-0.15, -0.1) is 0 Å². The van der Waals surface area contributed by atoms with Crippen LogP contribution in [0.4, 0.5) is 0 Å². The lowest BCUT2D eigenvalue weighted by Crippen LogP contribution is -2.01. The van der Waals surface area contributed by atoms with E-state index in [1.165, 1.54) is 24.3 Å². The van der Waals surface area contributed by atoms with Gasteiger partial charge < -0.3 is 5.11 Å². The molecule has 0 radical (unpaired) electrons. The fourth-order valence-electron chi connectivity index (χ4n) is 2.95. The number of hydrogen-bond acceptors (Lipinski definition) is 6. The van der Waals surface area contributed by atoms with Gasteiger partial charge in [0, 0.05) is 11.1 Å². The molecule has 0 saturated carbocycles. The Labute approximate surface area is 173 Å². The number of rotatable bonds is 4. The predicted molar refractivity (Wildman–Crippen MR) is 112 cm³/mol. The predicted octanol–water partition coefficient (Wildman–Crippen LogP) is 4.13. The summed E-state index contributed by atoms with van der Waals surface area (Å²) >= 11 is 0. The number of aryl methyl sites for hydroxylation is 1. The van der Waals surface area contributed by atoms with Crippen LogP contribution in [0.3, 0.4) is 0 Å². The first kappa shape index (κ1) is 19.7. The van der Waals surface area contributed by atoms with Crippen molar-refractivity contribution in [3.05, 3.63) is 78.4 Å². The molecular formula is C22H17N3O4S. The third-order valence-electron chi connectivity index (χ3n) is 4.47. The number of nitrogens with zero attached hydrogens (tertiary/aromatic N) is 3. The fraction of sp³-hybridized carbons (Fsp3) is 0.0455. The van der Waals surface area contributed by atoms with Crippen LogP contribution in [0.25, 0.3) is 34.2 Å². The van der Waals surface area contributed by atoms with Gasteiger partial charge in [0.2, 0.25) is 0 Å². The Morgan fingerprint density at radius 1 is 0.733 bits per heavy atom. The molecule has 4 rings (SSSR count). The van der Waals surface area contributed by atoms with Crippen molar-refractivity contribution in [2.24, 2.45) is 0 Å². The smallest absolute Gasteiger partial charge is 0.294 e. The van der Waals surface area contributed by atoms with Crippen LogP contribution in [-0.2, 0) is 10.1 Å². The molecule has 1 heterocycles. The number of aromatic nitrogens is 3. The first-order chi connectivity index (χ1) is 14.3. The van der Waals surface area contributed by atoms with Crippen molar-refractivity contribution in [3.63, 3.8) is 0 Å². The molecule has 0 aliphatic rings. The van der Waals surface area contributed by atoms with Crippen molar-refractivity contribution < 1.29 is 18.1 Å². The monoisotopic (exact) mass is 419 g/mol. The minimum Gasteiger partial charge on any atom is -0.507 e. The molecule has 0 aliphatic carbocycles. The highest BCUT2D eigenvalue weighted by atomic mass is 32.2. The molecular weight excluding hydrogens is 402 g/mol. The van der Waals surface area contributed by atoms with Crippen LogP contribution < -0.4 is 0 Å². The minimum atomic E-state index is -4.30. The van der Waals surface area contributed by atoms with Crippen LogP contribution in [0, 0.1) is 6.92 Å². The molecule has 3 aromatic carbocycles. The van der Waals surface area contributed by atoms with Gasteiger partial charge in [0.15, 0.2) is 17.5 Å². The Kier molecular flexibility index (Phi) is 5.03. The second-order valence-corrected chi connectivity index (χ2v) is 8.11. The molecule has 0 bridgehead atoms. The molecule has 0 aliphatic heterocycles. The number of aromatic hydroxyl groups is 1. The highest BCUT2D eigenvalue weighted by Crippen LogP contribution is 2.30. The van der Waals surface area contributed by atoms with Crippen LogP contribution in [-0.4, -0.2) is 33.0 Å². The molecule has 0 unspecified atom stereocenters. The Bertz CT molecular complexity index is 1320. The van der Waals surface area contributed by atoms with E-state index in [9.17, 15) is 18.1 Å². The van der Waals surface area contributed by atoms with E-state index in [0.29, 0.717) is 22.8 Å². The van der Waals surface area contributed by atoms with Crippen LogP contribution >= 0.6 is 0 Å². The summed E-state index contributed by atoms with van der Waals surface area (Å²) in [5.74, 6) is 1.05. The van der Waals surface area contributed by atoms with Gasteiger partial charge in [0.25, 0.3) is 10.1 Å². The van der Waals surface area contributed by atoms with Crippen molar-refractivity contribution >= 4 is 10.1 Å². The summed E-state index contributed by atoms with van der Waals surface area (Å²) in [6, 6.07) is 20.1. The second-order valence-electron chi connectivity index (χ2n) is 6.69.